The van der Waals surface area contributed by atoms with Crippen molar-refractivity contribution in [3.8, 4) is 0 Å². The normalized spacial score (nSPS) is 11.8. The van der Waals surface area contributed by atoms with Crippen molar-refractivity contribution in [2.24, 2.45) is 5.92 Å². The van der Waals surface area contributed by atoms with E-state index in [1.165, 1.54) is 7.11 Å². The lowest BCUT2D eigenvalue weighted by molar-refractivity contribution is -0.145. The van der Waals surface area contributed by atoms with Crippen LogP contribution in [-0.4, -0.2) is 37.0 Å². The average molecular weight is 375 g/mol. The zero-order chi connectivity index (χ0) is 14.4. The van der Waals surface area contributed by atoms with Crippen LogP contribution < -0.4 is 0 Å². The summed E-state index contributed by atoms with van der Waals surface area (Å²) in [5.41, 5.74) is 0.638. The molecule has 1 amide bonds. The lowest BCUT2D eigenvalue weighted by Gasteiger charge is -2.23. The zero-order valence-corrected chi connectivity index (χ0v) is 13.5. The van der Waals surface area contributed by atoms with Gasteiger partial charge < -0.3 is 9.64 Å². The third-order valence-electron chi connectivity index (χ3n) is 2.86. The monoisotopic (exact) mass is 375 g/mol. The number of benzene rings is 1. The van der Waals surface area contributed by atoms with Crippen LogP contribution in [0.2, 0.25) is 0 Å². The maximum atomic E-state index is 12.3. The Kier molecular flexibility index (Phi) is 6.27. The van der Waals surface area contributed by atoms with Gasteiger partial charge in [0.2, 0.25) is 0 Å². The van der Waals surface area contributed by atoms with Crippen LogP contribution in [0.3, 0.4) is 0 Å². The van der Waals surface area contributed by atoms with E-state index in [1.807, 2.05) is 19.1 Å². The lowest BCUT2D eigenvalue weighted by Crippen LogP contribution is -2.37. The van der Waals surface area contributed by atoms with Crippen molar-refractivity contribution in [3.63, 3.8) is 0 Å². The minimum atomic E-state index is -0.322. The Balaban J connectivity index is 2.77. The van der Waals surface area contributed by atoms with Gasteiger partial charge in [-0.15, -0.1) is 0 Å². The van der Waals surface area contributed by atoms with Gasteiger partial charge in [0.25, 0.3) is 5.91 Å². The molecule has 0 saturated carbocycles. The van der Waals surface area contributed by atoms with Gasteiger partial charge in [0.05, 0.1) is 13.0 Å². The maximum absolute atomic E-state index is 12.3. The average Bonchev–Trinajstić information content (AvgIpc) is 2.43. The SMILES string of the molecule is CCN(CC(C)C(=O)OC)C(=O)c1ccc(I)cc1. The minimum Gasteiger partial charge on any atom is -0.469 e. The summed E-state index contributed by atoms with van der Waals surface area (Å²) < 4.78 is 5.76. The summed E-state index contributed by atoms with van der Waals surface area (Å²) in [6, 6.07) is 7.39. The predicted octanol–water partition coefficient (Wildman–Crippen LogP) is 2.56. The molecule has 1 atom stereocenters. The van der Waals surface area contributed by atoms with E-state index >= 15 is 0 Å². The molecule has 0 spiro atoms. The summed E-state index contributed by atoms with van der Waals surface area (Å²) >= 11 is 2.19. The van der Waals surface area contributed by atoms with Gasteiger partial charge in [0.1, 0.15) is 0 Å². The number of amides is 1. The molecule has 1 rings (SSSR count). The van der Waals surface area contributed by atoms with Crippen molar-refractivity contribution in [1.82, 2.24) is 4.90 Å². The van der Waals surface area contributed by atoms with Crippen molar-refractivity contribution >= 4 is 34.5 Å². The fourth-order valence-corrected chi connectivity index (χ4v) is 2.10. The first-order chi connectivity index (χ1) is 8.99. The summed E-state index contributed by atoms with van der Waals surface area (Å²) in [5.74, 6) is -0.679. The van der Waals surface area contributed by atoms with E-state index in [1.54, 1.807) is 24.0 Å². The molecule has 1 unspecified atom stereocenters. The smallest absolute Gasteiger partial charge is 0.310 e. The highest BCUT2D eigenvalue weighted by molar-refractivity contribution is 14.1. The third-order valence-corrected chi connectivity index (χ3v) is 3.58. The molecule has 0 saturated heterocycles. The van der Waals surface area contributed by atoms with Gasteiger partial charge in [-0.2, -0.15) is 0 Å². The van der Waals surface area contributed by atoms with Crippen molar-refractivity contribution < 1.29 is 14.3 Å². The van der Waals surface area contributed by atoms with E-state index in [9.17, 15) is 9.59 Å². The molecule has 0 aliphatic carbocycles. The molecule has 1 aromatic rings. The molecule has 0 bridgehead atoms. The van der Waals surface area contributed by atoms with Crippen LogP contribution in [0.5, 0.6) is 0 Å². The second kappa shape index (κ2) is 7.47. The van der Waals surface area contributed by atoms with Crippen LogP contribution in [-0.2, 0) is 9.53 Å². The quantitative estimate of drug-likeness (QED) is 0.587. The predicted molar refractivity (Wildman–Crippen MR) is 81.9 cm³/mol. The molecule has 5 heteroatoms. The third kappa shape index (κ3) is 4.49. The highest BCUT2D eigenvalue weighted by Crippen LogP contribution is 2.11. The maximum Gasteiger partial charge on any atom is 0.310 e. The molecular formula is C14H18INO3. The number of ether oxygens (including phenoxy) is 1. The molecule has 0 N–H and O–H groups in total. The molecular weight excluding hydrogens is 357 g/mol. The summed E-state index contributed by atoms with van der Waals surface area (Å²) in [6.45, 7) is 4.59. The number of hydrogen-bond donors (Lipinski definition) is 0. The summed E-state index contributed by atoms with van der Waals surface area (Å²) in [7, 11) is 1.36. The molecule has 0 fully saturated rings. The Morgan fingerprint density at radius 1 is 1.32 bits per heavy atom. The topological polar surface area (TPSA) is 46.6 Å². The molecule has 1 aromatic carbocycles. The number of rotatable bonds is 5. The summed E-state index contributed by atoms with van der Waals surface area (Å²) in [4.78, 5) is 25.4. The van der Waals surface area contributed by atoms with Crippen LogP contribution in [0, 0.1) is 9.49 Å². The number of halogens is 1. The van der Waals surface area contributed by atoms with E-state index in [2.05, 4.69) is 27.3 Å². The first-order valence-electron chi connectivity index (χ1n) is 6.12. The van der Waals surface area contributed by atoms with Crippen LogP contribution >= 0.6 is 22.6 Å². The molecule has 0 heterocycles. The lowest BCUT2D eigenvalue weighted by atomic mass is 10.1. The molecule has 0 aliphatic rings. The molecule has 0 radical (unpaired) electrons. The molecule has 4 nitrogen and oxygen atoms in total. The van der Waals surface area contributed by atoms with Crippen molar-refractivity contribution in [3.05, 3.63) is 33.4 Å². The molecule has 19 heavy (non-hydrogen) atoms. The summed E-state index contributed by atoms with van der Waals surface area (Å²) in [5, 5.41) is 0. The van der Waals surface area contributed by atoms with Crippen molar-refractivity contribution in [2.45, 2.75) is 13.8 Å². The van der Waals surface area contributed by atoms with Gasteiger partial charge in [-0.1, -0.05) is 6.92 Å². The van der Waals surface area contributed by atoms with Crippen LogP contribution in [0.15, 0.2) is 24.3 Å². The van der Waals surface area contributed by atoms with Crippen LogP contribution in [0.4, 0.5) is 0 Å². The number of esters is 1. The highest BCUT2D eigenvalue weighted by Gasteiger charge is 2.21. The summed E-state index contributed by atoms with van der Waals surface area (Å²) in [6.07, 6.45) is 0. The number of carbonyl (C=O) groups excluding carboxylic acids is 2. The number of methoxy groups -OCH3 is 1. The van der Waals surface area contributed by atoms with Gasteiger partial charge in [0.15, 0.2) is 0 Å². The largest absolute Gasteiger partial charge is 0.469 e. The standard InChI is InChI=1S/C14H18INO3/c1-4-16(9-10(2)14(18)19-3)13(17)11-5-7-12(15)8-6-11/h5-8,10H,4,9H2,1-3H3. The first-order valence-corrected chi connectivity index (χ1v) is 7.20. The van der Waals surface area contributed by atoms with E-state index in [-0.39, 0.29) is 17.8 Å². The number of nitrogens with zero attached hydrogens (tertiary/aromatic N) is 1. The highest BCUT2D eigenvalue weighted by atomic mass is 127. The number of hydrogen-bond acceptors (Lipinski definition) is 3. The van der Waals surface area contributed by atoms with Crippen molar-refractivity contribution in [2.75, 3.05) is 20.2 Å². The van der Waals surface area contributed by atoms with Gasteiger partial charge in [0, 0.05) is 22.2 Å². The molecule has 0 aromatic heterocycles. The zero-order valence-electron chi connectivity index (χ0n) is 11.4. The van der Waals surface area contributed by atoms with E-state index < -0.39 is 0 Å². The first kappa shape index (κ1) is 15.9. The van der Waals surface area contributed by atoms with E-state index in [0.29, 0.717) is 18.7 Å². The fourth-order valence-electron chi connectivity index (χ4n) is 1.74. The van der Waals surface area contributed by atoms with Crippen molar-refractivity contribution in [1.29, 1.82) is 0 Å². The molecule has 104 valence electrons. The van der Waals surface area contributed by atoms with E-state index in [0.717, 1.165) is 3.57 Å². The van der Waals surface area contributed by atoms with E-state index in [4.69, 9.17) is 0 Å². The van der Waals surface area contributed by atoms with Gasteiger partial charge in [-0.3, -0.25) is 9.59 Å². The van der Waals surface area contributed by atoms with Gasteiger partial charge >= 0.3 is 5.97 Å². The minimum absolute atomic E-state index is 0.0605. The Morgan fingerprint density at radius 2 is 1.89 bits per heavy atom. The van der Waals surface area contributed by atoms with Crippen LogP contribution in [0.25, 0.3) is 0 Å². The Bertz CT molecular complexity index is 445. The second-order valence-electron chi connectivity index (χ2n) is 4.27. The second-order valence-corrected chi connectivity index (χ2v) is 5.52. The Labute approximate surface area is 127 Å². The van der Waals surface area contributed by atoms with Crippen LogP contribution in [0.1, 0.15) is 24.2 Å². The fraction of sp³-hybridized carbons (Fsp3) is 0.429. The van der Waals surface area contributed by atoms with Gasteiger partial charge in [-0.05, 0) is 53.8 Å². The Morgan fingerprint density at radius 3 is 2.37 bits per heavy atom. The van der Waals surface area contributed by atoms with Gasteiger partial charge in [-0.25, -0.2) is 0 Å². The Hall–Kier alpha value is -1.11. The molecule has 0 aliphatic heterocycles. The number of carbonyl (C=O) groups is 2.